The fourth-order valence-corrected chi connectivity index (χ4v) is 2.55. The van der Waals surface area contributed by atoms with Crippen LogP contribution in [0, 0.1) is 12.8 Å². The number of carbonyl (C=O) groups excluding carboxylic acids is 1. The molecule has 0 aliphatic heterocycles. The van der Waals surface area contributed by atoms with Gasteiger partial charge >= 0.3 is 0 Å². The van der Waals surface area contributed by atoms with Crippen LogP contribution in [0.25, 0.3) is 0 Å². The molecule has 2 aromatic rings. The van der Waals surface area contributed by atoms with E-state index in [1.807, 2.05) is 49.4 Å². The van der Waals surface area contributed by atoms with Gasteiger partial charge in [0.05, 0.1) is 0 Å². The van der Waals surface area contributed by atoms with Crippen LogP contribution in [0.5, 0.6) is 0 Å². The highest BCUT2D eigenvalue weighted by Crippen LogP contribution is 2.16. The van der Waals surface area contributed by atoms with Gasteiger partial charge in [0.1, 0.15) is 6.04 Å². The summed E-state index contributed by atoms with van der Waals surface area (Å²) in [5.74, 6) is 0.500. The van der Waals surface area contributed by atoms with E-state index in [9.17, 15) is 4.79 Å². The van der Waals surface area contributed by atoms with Crippen molar-refractivity contribution in [3.05, 3.63) is 65.7 Å². The number of aryl methyl sites for hydroxylation is 1. The van der Waals surface area contributed by atoms with E-state index in [-0.39, 0.29) is 5.91 Å². The standard InChI is InChI=1S/C19H24N2O/c1-14(2)19(16-7-5-4-6-8-16)20-13-18(22)21-17-11-9-15(3)10-12-17/h4-12,14,19-20H,13H2,1-3H3,(H,21,22)/p+1/t19-/m1/s1. The molecule has 2 rings (SSSR count). The van der Waals surface area contributed by atoms with Crippen molar-refractivity contribution >= 4 is 11.6 Å². The number of quaternary nitrogens is 1. The first-order valence-corrected chi connectivity index (χ1v) is 7.81. The highest BCUT2D eigenvalue weighted by atomic mass is 16.1. The molecule has 0 saturated heterocycles. The minimum Gasteiger partial charge on any atom is -0.332 e. The van der Waals surface area contributed by atoms with E-state index in [4.69, 9.17) is 0 Å². The molecule has 3 nitrogen and oxygen atoms in total. The Morgan fingerprint density at radius 1 is 1.05 bits per heavy atom. The first kappa shape index (κ1) is 16.2. The smallest absolute Gasteiger partial charge is 0.279 e. The molecule has 116 valence electrons. The summed E-state index contributed by atoms with van der Waals surface area (Å²) in [6.45, 7) is 6.83. The Bertz CT molecular complexity index is 591. The highest BCUT2D eigenvalue weighted by molar-refractivity contribution is 5.91. The van der Waals surface area contributed by atoms with Gasteiger partial charge in [-0.15, -0.1) is 0 Å². The largest absolute Gasteiger partial charge is 0.332 e. The van der Waals surface area contributed by atoms with Crippen molar-refractivity contribution in [1.29, 1.82) is 0 Å². The fourth-order valence-electron chi connectivity index (χ4n) is 2.55. The second-order valence-corrected chi connectivity index (χ2v) is 6.03. The van der Waals surface area contributed by atoms with Crippen molar-refractivity contribution in [2.75, 3.05) is 11.9 Å². The Morgan fingerprint density at radius 3 is 2.27 bits per heavy atom. The van der Waals surface area contributed by atoms with Gasteiger partial charge in [-0.25, -0.2) is 0 Å². The molecular formula is C19H25N2O+. The number of nitrogens with two attached hydrogens (primary N) is 1. The maximum Gasteiger partial charge on any atom is 0.279 e. The van der Waals surface area contributed by atoms with E-state index in [2.05, 4.69) is 36.6 Å². The van der Waals surface area contributed by atoms with Crippen LogP contribution in [0.4, 0.5) is 5.69 Å². The van der Waals surface area contributed by atoms with E-state index in [1.54, 1.807) is 0 Å². The minimum absolute atomic E-state index is 0.0328. The lowest BCUT2D eigenvalue weighted by molar-refractivity contribution is -0.692. The van der Waals surface area contributed by atoms with Gasteiger partial charge < -0.3 is 10.6 Å². The molecule has 0 bridgehead atoms. The van der Waals surface area contributed by atoms with Crippen molar-refractivity contribution < 1.29 is 10.1 Å². The van der Waals surface area contributed by atoms with Crippen molar-refractivity contribution in [2.24, 2.45) is 5.92 Å². The lowest BCUT2D eigenvalue weighted by atomic mass is 9.96. The molecule has 0 radical (unpaired) electrons. The van der Waals surface area contributed by atoms with E-state index >= 15 is 0 Å². The van der Waals surface area contributed by atoms with Gasteiger partial charge in [-0.2, -0.15) is 0 Å². The first-order valence-electron chi connectivity index (χ1n) is 7.81. The van der Waals surface area contributed by atoms with Crippen LogP contribution in [-0.2, 0) is 4.79 Å². The number of amides is 1. The van der Waals surface area contributed by atoms with Gasteiger partial charge in [-0.3, -0.25) is 4.79 Å². The predicted molar refractivity (Wildman–Crippen MR) is 90.6 cm³/mol. The van der Waals surface area contributed by atoms with Crippen LogP contribution < -0.4 is 10.6 Å². The number of rotatable bonds is 6. The zero-order valence-corrected chi connectivity index (χ0v) is 13.5. The molecule has 2 aromatic carbocycles. The van der Waals surface area contributed by atoms with Crippen LogP contribution in [0.2, 0.25) is 0 Å². The molecule has 3 heteroatoms. The van der Waals surface area contributed by atoms with Gasteiger partial charge in [0.15, 0.2) is 6.54 Å². The minimum atomic E-state index is 0.0328. The zero-order valence-electron chi connectivity index (χ0n) is 13.5. The van der Waals surface area contributed by atoms with Crippen molar-refractivity contribution in [2.45, 2.75) is 26.8 Å². The van der Waals surface area contributed by atoms with Gasteiger partial charge in [0.25, 0.3) is 5.91 Å². The normalized spacial score (nSPS) is 12.2. The highest BCUT2D eigenvalue weighted by Gasteiger charge is 2.20. The number of benzene rings is 2. The summed E-state index contributed by atoms with van der Waals surface area (Å²) in [4.78, 5) is 12.1. The molecule has 0 spiro atoms. The third-order valence-electron chi connectivity index (χ3n) is 3.80. The van der Waals surface area contributed by atoms with Crippen LogP contribution in [0.3, 0.4) is 0 Å². The van der Waals surface area contributed by atoms with E-state index in [0.29, 0.717) is 18.5 Å². The van der Waals surface area contributed by atoms with Crippen molar-refractivity contribution in [1.82, 2.24) is 0 Å². The fraction of sp³-hybridized carbons (Fsp3) is 0.316. The van der Waals surface area contributed by atoms with Gasteiger partial charge in [-0.05, 0) is 19.1 Å². The molecule has 1 atom stereocenters. The number of anilines is 1. The molecular weight excluding hydrogens is 272 g/mol. The maximum absolute atomic E-state index is 12.1. The van der Waals surface area contributed by atoms with Gasteiger partial charge in [0.2, 0.25) is 0 Å². The SMILES string of the molecule is Cc1ccc(NC(=O)C[NH2+][C@@H](c2ccccc2)C(C)C)cc1. The molecule has 0 aliphatic carbocycles. The summed E-state index contributed by atoms with van der Waals surface area (Å²) in [6.07, 6.45) is 0. The molecule has 3 N–H and O–H groups in total. The number of hydrogen-bond donors (Lipinski definition) is 2. The molecule has 0 fully saturated rings. The Balaban J connectivity index is 1.92. The first-order chi connectivity index (χ1) is 10.6. The molecule has 22 heavy (non-hydrogen) atoms. The quantitative estimate of drug-likeness (QED) is 0.846. The molecule has 0 aliphatic rings. The second-order valence-electron chi connectivity index (χ2n) is 6.03. The summed E-state index contributed by atoms with van der Waals surface area (Å²) in [7, 11) is 0. The lowest BCUT2D eigenvalue weighted by Crippen LogP contribution is -2.88. The molecule has 1 amide bonds. The lowest BCUT2D eigenvalue weighted by Gasteiger charge is -2.19. The van der Waals surface area contributed by atoms with Crippen molar-refractivity contribution in [3.8, 4) is 0 Å². The average molecular weight is 297 g/mol. The topological polar surface area (TPSA) is 45.7 Å². The van der Waals surface area contributed by atoms with Gasteiger partial charge in [-0.1, -0.05) is 61.9 Å². The van der Waals surface area contributed by atoms with Crippen LogP contribution >= 0.6 is 0 Å². The maximum atomic E-state index is 12.1. The van der Waals surface area contributed by atoms with Gasteiger partial charge in [0, 0.05) is 17.2 Å². The number of carbonyl (C=O) groups is 1. The average Bonchev–Trinajstić information content (AvgIpc) is 2.50. The number of hydrogen-bond acceptors (Lipinski definition) is 1. The predicted octanol–water partition coefficient (Wildman–Crippen LogP) is 2.89. The van der Waals surface area contributed by atoms with Crippen molar-refractivity contribution in [3.63, 3.8) is 0 Å². The summed E-state index contributed by atoms with van der Waals surface area (Å²) in [5.41, 5.74) is 3.30. The van der Waals surface area contributed by atoms with E-state index in [1.165, 1.54) is 11.1 Å². The van der Waals surface area contributed by atoms with E-state index in [0.717, 1.165) is 5.69 Å². The molecule has 0 heterocycles. The van der Waals surface area contributed by atoms with Crippen LogP contribution in [0.15, 0.2) is 54.6 Å². The zero-order chi connectivity index (χ0) is 15.9. The van der Waals surface area contributed by atoms with Crippen LogP contribution in [0.1, 0.15) is 31.0 Å². The monoisotopic (exact) mass is 297 g/mol. The summed E-state index contributed by atoms with van der Waals surface area (Å²) < 4.78 is 0. The Hall–Kier alpha value is -2.13. The molecule has 0 aromatic heterocycles. The third-order valence-corrected chi connectivity index (χ3v) is 3.80. The number of nitrogens with one attached hydrogen (secondary N) is 1. The Morgan fingerprint density at radius 2 is 1.68 bits per heavy atom. The second kappa shape index (κ2) is 7.76. The summed E-state index contributed by atoms with van der Waals surface area (Å²) >= 11 is 0. The molecule has 0 unspecified atom stereocenters. The Kier molecular flexibility index (Phi) is 5.73. The third kappa shape index (κ3) is 4.71. The summed E-state index contributed by atoms with van der Waals surface area (Å²) in [5, 5.41) is 5.06. The van der Waals surface area contributed by atoms with E-state index < -0.39 is 0 Å². The van der Waals surface area contributed by atoms with Crippen LogP contribution in [-0.4, -0.2) is 12.5 Å². The molecule has 0 saturated carbocycles. The Labute approximate surface area is 132 Å². The summed E-state index contributed by atoms with van der Waals surface area (Å²) in [6, 6.07) is 18.5.